The molecule has 2 fully saturated rings. The standard InChI is InChI=1S/C20H26O5/c1-9(2)10-8-11-12(14(22)13(10)21)20-7-5-6-19(3,4)17(20)15(23)16(11)25-18(20)24/h8-9,15-17,21-23H,5-7H2,1-4H3/t15-,16+,17-,20-/m1/s1. The van der Waals surface area contributed by atoms with Gasteiger partial charge in [0.05, 0.1) is 6.10 Å². The first-order chi connectivity index (χ1) is 11.6. The zero-order valence-electron chi connectivity index (χ0n) is 15.2. The number of phenols is 2. The van der Waals surface area contributed by atoms with Gasteiger partial charge in [-0.2, -0.15) is 0 Å². The average Bonchev–Trinajstić information content (AvgIpc) is 2.51. The van der Waals surface area contributed by atoms with E-state index in [0.717, 1.165) is 12.8 Å². The molecule has 136 valence electrons. The predicted octanol–water partition coefficient (Wildman–Crippen LogP) is 3.26. The van der Waals surface area contributed by atoms with Crippen molar-refractivity contribution in [2.75, 3.05) is 0 Å². The maximum atomic E-state index is 13.0. The van der Waals surface area contributed by atoms with Crippen LogP contribution in [0.25, 0.3) is 0 Å². The lowest BCUT2D eigenvalue weighted by Crippen LogP contribution is -2.65. The topological polar surface area (TPSA) is 87.0 Å². The molecular weight excluding hydrogens is 320 g/mol. The molecule has 1 spiro atoms. The molecule has 25 heavy (non-hydrogen) atoms. The minimum absolute atomic E-state index is 0.000547. The minimum Gasteiger partial charge on any atom is -0.504 e. The third kappa shape index (κ3) is 1.85. The number of hydrogen-bond donors (Lipinski definition) is 3. The van der Waals surface area contributed by atoms with Crippen molar-refractivity contribution in [3.8, 4) is 11.5 Å². The van der Waals surface area contributed by atoms with Crippen LogP contribution in [0.15, 0.2) is 6.07 Å². The Kier molecular flexibility index (Phi) is 3.28. The summed E-state index contributed by atoms with van der Waals surface area (Å²) in [6, 6.07) is 1.80. The zero-order valence-corrected chi connectivity index (χ0v) is 15.2. The van der Waals surface area contributed by atoms with Crippen molar-refractivity contribution in [1.82, 2.24) is 0 Å². The van der Waals surface area contributed by atoms with Crippen molar-refractivity contribution in [2.24, 2.45) is 11.3 Å². The highest BCUT2D eigenvalue weighted by atomic mass is 16.6. The summed E-state index contributed by atoms with van der Waals surface area (Å²) in [5.41, 5.74) is 0.405. The van der Waals surface area contributed by atoms with Crippen molar-refractivity contribution in [3.05, 3.63) is 22.8 Å². The largest absolute Gasteiger partial charge is 0.504 e. The monoisotopic (exact) mass is 346 g/mol. The molecule has 4 aliphatic rings. The lowest BCUT2D eigenvalue weighted by molar-refractivity contribution is -0.213. The highest BCUT2D eigenvalue weighted by Crippen LogP contribution is 2.66. The first kappa shape index (κ1) is 16.7. The van der Waals surface area contributed by atoms with E-state index in [4.69, 9.17) is 4.74 Å². The second-order valence-electron chi connectivity index (χ2n) is 8.89. The molecule has 0 amide bonds. The van der Waals surface area contributed by atoms with Gasteiger partial charge in [0.25, 0.3) is 0 Å². The molecule has 5 nitrogen and oxygen atoms in total. The highest BCUT2D eigenvalue weighted by molar-refractivity contribution is 5.90. The minimum atomic E-state index is -1.08. The van der Waals surface area contributed by atoms with E-state index in [1.54, 1.807) is 6.07 Å². The third-order valence-electron chi connectivity index (χ3n) is 6.72. The first-order valence-electron chi connectivity index (χ1n) is 9.11. The Hall–Kier alpha value is -1.75. The van der Waals surface area contributed by atoms with Gasteiger partial charge in [-0.25, -0.2) is 0 Å². The Labute approximate surface area is 147 Å². The molecule has 1 aromatic rings. The molecule has 5 heteroatoms. The molecule has 3 N–H and O–H groups in total. The van der Waals surface area contributed by atoms with Crippen LogP contribution in [0.5, 0.6) is 11.5 Å². The molecule has 1 saturated carbocycles. The molecule has 0 radical (unpaired) electrons. The van der Waals surface area contributed by atoms with Gasteiger partial charge in [-0.05, 0) is 30.2 Å². The van der Waals surface area contributed by atoms with Crippen LogP contribution in [0.2, 0.25) is 0 Å². The van der Waals surface area contributed by atoms with Crippen molar-refractivity contribution >= 4 is 5.97 Å². The molecule has 1 saturated heterocycles. The summed E-state index contributed by atoms with van der Waals surface area (Å²) in [6.45, 7) is 7.98. The van der Waals surface area contributed by atoms with Gasteiger partial charge in [-0.15, -0.1) is 0 Å². The maximum Gasteiger partial charge on any atom is 0.317 e. The summed E-state index contributed by atoms with van der Waals surface area (Å²) in [6.07, 6.45) is 0.648. The SMILES string of the molecule is CC(C)c1cc2c(c(O)c1O)[C@]13CCCC(C)(C)[C@H]1[C@H](O)[C@H]2OC3=O. The molecule has 2 aliphatic carbocycles. The summed E-state index contributed by atoms with van der Waals surface area (Å²) < 4.78 is 5.63. The summed E-state index contributed by atoms with van der Waals surface area (Å²) in [5.74, 6) is -1.07. The molecule has 4 atom stereocenters. The van der Waals surface area contributed by atoms with Gasteiger partial charge in [0, 0.05) is 22.6 Å². The molecular formula is C20H26O5. The fraction of sp³-hybridized carbons (Fsp3) is 0.650. The van der Waals surface area contributed by atoms with Gasteiger partial charge in [0.2, 0.25) is 0 Å². The van der Waals surface area contributed by atoms with E-state index in [9.17, 15) is 20.1 Å². The average molecular weight is 346 g/mol. The Balaban J connectivity index is 2.06. The number of aliphatic hydroxyl groups is 1. The smallest absolute Gasteiger partial charge is 0.317 e. The number of aliphatic hydroxyl groups excluding tert-OH is 1. The Morgan fingerprint density at radius 2 is 1.88 bits per heavy atom. The highest BCUT2D eigenvalue weighted by Gasteiger charge is 2.68. The summed E-state index contributed by atoms with van der Waals surface area (Å²) in [7, 11) is 0. The number of benzene rings is 1. The van der Waals surface area contributed by atoms with Gasteiger partial charge < -0.3 is 20.1 Å². The van der Waals surface area contributed by atoms with Crippen molar-refractivity contribution < 1.29 is 24.9 Å². The number of esters is 1. The van der Waals surface area contributed by atoms with Gasteiger partial charge in [-0.1, -0.05) is 34.1 Å². The summed E-state index contributed by atoms with van der Waals surface area (Å²) >= 11 is 0. The Morgan fingerprint density at radius 3 is 2.52 bits per heavy atom. The van der Waals surface area contributed by atoms with Gasteiger partial charge in [0.1, 0.15) is 5.41 Å². The predicted molar refractivity (Wildman–Crippen MR) is 91.5 cm³/mol. The van der Waals surface area contributed by atoms with E-state index >= 15 is 0 Å². The summed E-state index contributed by atoms with van der Waals surface area (Å²) in [5, 5.41) is 32.5. The molecule has 2 aliphatic heterocycles. The number of rotatable bonds is 1. The quantitative estimate of drug-likeness (QED) is 0.537. The van der Waals surface area contributed by atoms with E-state index < -0.39 is 17.6 Å². The molecule has 2 bridgehead atoms. The molecule has 0 unspecified atom stereocenters. The lowest BCUT2D eigenvalue weighted by atomic mass is 9.46. The van der Waals surface area contributed by atoms with E-state index in [-0.39, 0.29) is 34.7 Å². The Morgan fingerprint density at radius 1 is 1.20 bits per heavy atom. The number of hydrogen-bond acceptors (Lipinski definition) is 5. The van der Waals surface area contributed by atoms with E-state index in [0.29, 0.717) is 23.1 Å². The van der Waals surface area contributed by atoms with E-state index in [2.05, 4.69) is 13.8 Å². The van der Waals surface area contributed by atoms with Crippen LogP contribution in [0.1, 0.15) is 75.7 Å². The van der Waals surface area contributed by atoms with Crippen molar-refractivity contribution in [3.63, 3.8) is 0 Å². The fourth-order valence-corrected chi connectivity index (χ4v) is 5.71. The number of ether oxygens (including phenoxy) is 1. The van der Waals surface area contributed by atoms with Crippen LogP contribution in [0.4, 0.5) is 0 Å². The maximum absolute atomic E-state index is 13.0. The number of carbonyl (C=O) groups is 1. The van der Waals surface area contributed by atoms with E-state index in [1.807, 2.05) is 13.8 Å². The van der Waals surface area contributed by atoms with Gasteiger partial charge in [-0.3, -0.25) is 4.79 Å². The normalized spacial score (nSPS) is 35.3. The van der Waals surface area contributed by atoms with Crippen LogP contribution in [0, 0.1) is 11.3 Å². The molecule has 0 aromatic heterocycles. The van der Waals surface area contributed by atoms with Gasteiger partial charge in [0.15, 0.2) is 17.6 Å². The van der Waals surface area contributed by atoms with Crippen LogP contribution < -0.4 is 0 Å². The van der Waals surface area contributed by atoms with Crippen LogP contribution in [-0.2, 0) is 14.9 Å². The van der Waals surface area contributed by atoms with Crippen LogP contribution >= 0.6 is 0 Å². The number of carbonyl (C=O) groups excluding carboxylic acids is 1. The van der Waals surface area contributed by atoms with Crippen molar-refractivity contribution in [2.45, 2.75) is 70.5 Å². The second-order valence-corrected chi connectivity index (χ2v) is 8.89. The first-order valence-corrected chi connectivity index (χ1v) is 9.11. The van der Waals surface area contributed by atoms with E-state index in [1.165, 1.54) is 0 Å². The molecule has 1 aromatic carbocycles. The molecule has 2 heterocycles. The third-order valence-corrected chi connectivity index (χ3v) is 6.72. The number of phenolic OH excluding ortho intramolecular Hbond substituents is 2. The Bertz CT molecular complexity index is 766. The van der Waals surface area contributed by atoms with Crippen LogP contribution in [-0.4, -0.2) is 27.4 Å². The number of fused-ring (bicyclic) bond motifs is 1. The lowest BCUT2D eigenvalue weighted by Gasteiger charge is -2.60. The summed E-state index contributed by atoms with van der Waals surface area (Å²) in [4.78, 5) is 13.0. The number of aromatic hydroxyl groups is 2. The fourth-order valence-electron chi connectivity index (χ4n) is 5.71. The molecule has 5 rings (SSSR count). The second kappa shape index (κ2) is 4.91. The van der Waals surface area contributed by atoms with Crippen LogP contribution in [0.3, 0.4) is 0 Å². The zero-order chi connectivity index (χ0) is 18.3. The van der Waals surface area contributed by atoms with Crippen molar-refractivity contribution in [1.29, 1.82) is 0 Å². The van der Waals surface area contributed by atoms with Gasteiger partial charge >= 0.3 is 5.97 Å².